The predicted octanol–water partition coefficient (Wildman–Crippen LogP) is 3.74. The Morgan fingerprint density at radius 2 is 1.90 bits per heavy atom. The van der Waals surface area contributed by atoms with Crippen LogP contribution >= 0.6 is 0 Å². The van der Waals surface area contributed by atoms with Crippen molar-refractivity contribution in [2.75, 3.05) is 0 Å². The number of aryl methyl sites for hydroxylation is 1. The van der Waals surface area contributed by atoms with E-state index in [2.05, 4.69) is 9.97 Å². The fourth-order valence-corrected chi connectivity index (χ4v) is 2.16. The molecule has 3 aromatic rings. The number of nitrogens with one attached hydrogen (secondary N) is 1. The van der Waals surface area contributed by atoms with E-state index >= 15 is 0 Å². The van der Waals surface area contributed by atoms with Crippen LogP contribution in [0.2, 0.25) is 0 Å². The fourth-order valence-electron chi connectivity index (χ4n) is 2.16. The van der Waals surface area contributed by atoms with Crippen LogP contribution < -0.4 is 0 Å². The van der Waals surface area contributed by atoms with Crippen molar-refractivity contribution in [3.05, 3.63) is 65.0 Å². The molecule has 0 aliphatic carbocycles. The van der Waals surface area contributed by atoms with Gasteiger partial charge in [0.15, 0.2) is 0 Å². The Kier molecular flexibility index (Phi) is 3.28. The molecule has 0 saturated carbocycles. The van der Waals surface area contributed by atoms with E-state index in [-0.39, 0.29) is 5.56 Å². The largest absolute Gasteiger partial charge is 0.478 e. The summed E-state index contributed by atoms with van der Waals surface area (Å²) in [6.45, 7) is 2.04. The van der Waals surface area contributed by atoms with Crippen molar-refractivity contribution < 1.29 is 9.90 Å². The molecule has 0 spiro atoms. The Balaban J connectivity index is 1.96. The molecule has 0 amide bonds. The second kappa shape index (κ2) is 5.25. The van der Waals surface area contributed by atoms with Crippen LogP contribution in [-0.2, 0) is 0 Å². The Morgan fingerprint density at radius 1 is 1.14 bits per heavy atom. The lowest BCUT2D eigenvalue weighted by Crippen LogP contribution is -1.96. The molecule has 0 aliphatic rings. The minimum atomic E-state index is -0.971. The third kappa shape index (κ3) is 2.69. The number of aromatic amines is 1. The second-order valence-corrected chi connectivity index (χ2v) is 4.87. The van der Waals surface area contributed by atoms with Gasteiger partial charge in [-0.15, -0.1) is 0 Å². The monoisotopic (exact) mass is 278 g/mol. The van der Waals surface area contributed by atoms with Gasteiger partial charge >= 0.3 is 5.97 Å². The maximum Gasteiger partial charge on any atom is 0.337 e. The van der Waals surface area contributed by atoms with Crippen LogP contribution in [0.15, 0.2) is 42.5 Å². The van der Waals surface area contributed by atoms with Gasteiger partial charge in [-0.2, -0.15) is 0 Å². The van der Waals surface area contributed by atoms with E-state index < -0.39 is 5.97 Å². The van der Waals surface area contributed by atoms with E-state index in [9.17, 15) is 4.79 Å². The predicted molar refractivity (Wildman–Crippen MR) is 83.2 cm³/mol. The number of carboxylic acid groups (broad SMARTS) is 1. The van der Waals surface area contributed by atoms with E-state index in [0.717, 1.165) is 11.1 Å². The Bertz CT molecular complexity index is 830. The average Bonchev–Trinajstić information content (AvgIpc) is 2.89. The van der Waals surface area contributed by atoms with E-state index in [1.54, 1.807) is 12.1 Å². The fraction of sp³-hybridized carbons (Fsp3) is 0.0588. The van der Waals surface area contributed by atoms with E-state index in [0.29, 0.717) is 11.3 Å². The van der Waals surface area contributed by atoms with E-state index in [4.69, 9.17) is 5.11 Å². The smallest absolute Gasteiger partial charge is 0.337 e. The normalized spacial score (nSPS) is 11.3. The molecule has 0 aliphatic heterocycles. The number of nitrogens with zero attached hydrogens (tertiary/aromatic N) is 1. The number of rotatable bonds is 3. The first-order valence-corrected chi connectivity index (χ1v) is 6.60. The van der Waals surface area contributed by atoms with Gasteiger partial charge in [-0.3, -0.25) is 0 Å². The van der Waals surface area contributed by atoms with Crippen LogP contribution in [0.1, 0.15) is 27.3 Å². The van der Waals surface area contributed by atoms with Crippen LogP contribution in [0.4, 0.5) is 0 Å². The lowest BCUT2D eigenvalue weighted by atomic mass is 10.1. The highest BCUT2D eigenvalue weighted by Gasteiger charge is 2.11. The van der Waals surface area contributed by atoms with Crippen LogP contribution in [0.25, 0.3) is 23.2 Å². The summed E-state index contributed by atoms with van der Waals surface area (Å²) in [6.07, 6.45) is 3.79. The average molecular weight is 278 g/mol. The molecular formula is C17H14N2O2. The SMILES string of the molecule is Cc1ccc(/C=C/c2nc3c(C(=O)O)cccc3[nH]2)cc1. The van der Waals surface area contributed by atoms with Crippen molar-refractivity contribution in [3.8, 4) is 0 Å². The number of aromatic carboxylic acids is 1. The highest BCUT2D eigenvalue weighted by Crippen LogP contribution is 2.18. The van der Waals surface area contributed by atoms with Gasteiger partial charge in [0.2, 0.25) is 0 Å². The molecule has 0 bridgehead atoms. The number of benzene rings is 2. The summed E-state index contributed by atoms with van der Waals surface area (Å²) in [6, 6.07) is 13.2. The molecule has 104 valence electrons. The molecule has 0 fully saturated rings. The van der Waals surface area contributed by atoms with Crippen molar-refractivity contribution in [3.63, 3.8) is 0 Å². The quantitative estimate of drug-likeness (QED) is 0.767. The summed E-state index contributed by atoms with van der Waals surface area (Å²) in [5.41, 5.74) is 3.69. The number of hydrogen-bond acceptors (Lipinski definition) is 2. The number of hydrogen-bond donors (Lipinski definition) is 2. The summed E-state index contributed by atoms with van der Waals surface area (Å²) in [4.78, 5) is 18.6. The van der Waals surface area contributed by atoms with E-state index in [1.807, 2.05) is 49.4 Å². The van der Waals surface area contributed by atoms with Crippen molar-refractivity contribution in [1.82, 2.24) is 9.97 Å². The highest BCUT2D eigenvalue weighted by molar-refractivity contribution is 6.01. The molecule has 4 heteroatoms. The number of fused-ring (bicyclic) bond motifs is 1. The Hall–Kier alpha value is -2.88. The molecule has 0 radical (unpaired) electrons. The third-order valence-electron chi connectivity index (χ3n) is 3.27. The first-order valence-electron chi connectivity index (χ1n) is 6.60. The summed E-state index contributed by atoms with van der Waals surface area (Å²) in [5.74, 6) is -0.333. The first-order chi connectivity index (χ1) is 10.1. The van der Waals surface area contributed by atoms with Crippen LogP contribution in [-0.4, -0.2) is 21.0 Å². The van der Waals surface area contributed by atoms with Gasteiger partial charge in [0, 0.05) is 0 Å². The second-order valence-electron chi connectivity index (χ2n) is 4.87. The number of para-hydroxylation sites is 1. The van der Waals surface area contributed by atoms with Crippen LogP contribution in [0, 0.1) is 6.92 Å². The highest BCUT2D eigenvalue weighted by atomic mass is 16.4. The Labute approximate surface area is 121 Å². The van der Waals surface area contributed by atoms with Gasteiger partial charge in [0.25, 0.3) is 0 Å². The molecule has 0 atom stereocenters. The molecule has 4 nitrogen and oxygen atoms in total. The summed E-state index contributed by atoms with van der Waals surface area (Å²) < 4.78 is 0. The molecule has 21 heavy (non-hydrogen) atoms. The third-order valence-corrected chi connectivity index (χ3v) is 3.27. The van der Waals surface area contributed by atoms with Crippen molar-refractivity contribution >= 4 is 29.2 Å². The maximum atomic E-state index is 11.2. The topological polar surface area (TPSA) is 66.0 Å². The molecule has 0 unspecified atom stereocenters. The molecule has 1 aromatic heterocycles. The number of carbonyl (C=O) groups is 1. The molecular weight excluding hydrogens is 264 g/mol. The molecule has 2 aromatic carbocycles. The summed E-state index contributed by atoms with van der Waals surface area (Å²) >= 11 is 0. The molecule has 2 N–H and O–H groups in total. The van der Waals surface area contributed by atoms with Crippen molar-refractivity contribution in [1.29, 1.82) is 0 Å². The van der Waals surface area contributed by atoms with Gasteiger partial charge in [-0.1, -0.05) is 42.0 Å². The van der Waals surface area contributed by atoms with Gasteiger partial charge in [-0.25, -0.2) is 9.78 Å². The Morgan fingerprint density at radius 3 is 2.62 bits per heavy atom. The summed E-state index contributed by atoms with van der Waals surface area (Å²) in [5, 5.41) is 9.15. The minimum absolute atomic E-state index is 0.207. The number of H-pyrrole nitrogens is 1. The molecule has 0 saturated heterocycles. The molecule has 1 heterocycles. The first kappa shape index (κ1) is 13.1. The standard InChI is InChI=1S/C17H14N2O2/c1-11-5-7-12(8-6-11)9-10-15-18-14-4-2-3-13(17(20)21)16(14)19-15/h2-10H,1H3,(H,18,19)(H,20,21)/b10-9+. The zero-order chi connectivity index (χ0) is 14.8. The van der Waals surface area contributed by atoms with Crippen LogP contribution in [0.3, 0.4) is 0 Å². The van der Waals surface area contributed by atoms with Crippen LogP contribution in [0.5, 0.6) is 0 Å². The van der Waals surface area contributed by atoms with Gasteiger partial charge in [0.05, 0.1) is 11.1 Å². The van der Waals surface area contributed by atoms with Gasteiger partial charge < -0.3 is 10.1 Å². The van der Waals surface area contributed by atoms with Crippen molar-refractivity contribution in [2.45, 2.75) is 6.92 Å². The van der Waals surface area contributed by atoms with E-state index in [1.165, 1.54) is 5.56 Å². The number of imidazole rings is 1. The van der Waals surface area contributed by atoms with Gasteiger partial charge in [0.1, 0.15) is 11.3 Å². The molecule has 3 rings (SSSR count). The van der Waals surface area contributed by atoms with Gasteiger partial charge in [-0.05, 0) is 30.7 Å². The van der Waals surface area contributed by atoms with Crippen molar-refractivity contribution in [2.24, 2.45) is 0 Å². The number of carboxylic acids is 1. The zero-order valence-electron chi connectivity index (χ0n) is 11.5. The number of aromatic nitrogens is 2. The lowest BCUT2D eigenvalue weighted by molar-refractivity contribution is 0.0699. The lowest BCUT2D eigenvalue weighted by Gasteiger charge is -1.93. The zero-order valence-corrected chi connectivity index (χ0v) is 11.5. The summed E-state index contributed by atoms with van der Waals surface area (Å²) in [7, 11) is 0. The minimum Gasteiger partial charge on any atom is -0.478 e. The maximum absolute atomic E-state index is 11.2.